The number of aryl methyl sites for hydroxylation is 1. The highest BCUT2D eigenvalue weighted by Crippen LogP contribution is 2.30. The molecule has 2 aliphatic rings. The summed E-state index contributed by atoms with van der Waals surface area (Å²) in [6.45, 7) is 2.40. The zero-order valence-corrected chi connectivity index (χ0v) is 15.8. The van der Waals surface area contributed by atoms with Gasteiger partial charge in [-0.2, -0.15) is 5.10 Å². The van der Waals surface area contributed by atoms with Gasteiger partial charge in [0, 0.05) is 50.8 Å². The molecule has 2 N–H and O–H groups in total. The zero-order chi connectivity index (χ0) is 17.4. The van der Waals surface area contributed by atoms with Crippen LogP contribution in [0.5, 0.6) is 0 Å². The second-order valence-electron chi connectivity index (χ2n) is 7.10. The van der Waals surface area contributed by atoms with E-state index in [1.165, 1.54) is 5.56 Å². The summed E-state index contributed by atoms with van der Waals surface area (Å²) in [6.07, 6.45) is 1.56. The second kappa shape index (κ2) is 7.39. The van der Waals surface area contributed by atoms with Gasteiger partial charge in [0.25, 0.3) is 0 Å². The lowest BCUT2D eigenvalue weighted by atomic mass is 9.81. The number of aliphatic hydroxyl groups is 1. The zero-order valence-electron chi connectivity index (χ0n) is 14.9. The Hall–Kier alpha value is -1.89. The maximum Gasteiger partial charge on any atom is 0.233 e. The van der Waals surface area contributed by atoms with Gasteiger partial charge in [-0.25, -0.2) is 0 Å². The average molecular weight is 377 g/mol. The van der Waals surface area contributed by atoms with Crippen molar-refractivity contribution in [3.8, 4) is 11.3 Å². The number of fused-ring (bicyclic) bond motifs is 1. The Morgan fingerprint density at radius 1 is 1.23 bits per heavy atom. The summed E-state index contributed by atoms with van der Waals surface area (Å²) in [5.74, 6) is 0.0736. The fourth-order valence-corrected chi connectivity index (χ4v) is 3.94. The van der Waals surface area contributed by atoms with Gasteiger partial charge in [0.15, 0.2) is 0 Å². The molecule has 0 aliphatic carbocycles. The predicted molar refractivity (Wildman–Crippen MR) is 102 cm³/mol. The third-order valence-electron chi connectivity index (χ3n) is 5.50. The summed E-state index contributed by atoms with van der Waals surface area (Å²) in [5.41, 5.74) is 4.02. The third kappa shape index (κ3) is 3.02. The molecule has 0 unspecified atom stereocenters. The van der Waals surface area contributed by atoms with Gasteiger partial charge in [0.05, 0.1) is 23.4 Å². The first-order valence-corrected chi connectivity index (χ1v) is 8.86. The second-order valence-corrected chi connectivity index (χ2v) is 7.10. The van der Waals surface area contributed by atoms with Crippen molar-refractivity contribution < 1.29 is 9.90 Å². The van der Waals surface area contributed by atoms with Crippen LogP contribution >= 0.6 is 12.4 Å². The van der Waals surface area contributed by atoms with Crippen LogP contribution in [0.15, 0.2) is 30.3 Å². The van der Waals surface area contributed by atoms with Crippen LogP contribution in [0.1, 0.15) is 11.3 Å². The van der Waals surface area contributed by atoms with E-state index in [-0.39, 0.29) is 24.9 Å². The van der Waals surface area contributed by atoms with E-state index in [9.17, 15) is 9.90 Å². The molecule has 7 heteroatoms. The molecule has 0 bridgehead atoms. The van der Waals surface area contributed by atoms with Crippen molar-refractivity contribution in [2.24, 2.45) is 12.5 Å². The number of halogens is 1. The van der Waals surface area contributed by atoms with E-state index in [4.69, 9.17) is 5.10 Å². The van der Waals surface area contributed by atoms with E-state index in [1.54, 1.807) is 0 Å². The number of carbonyl (C=O) groups is 1. The molecule has 1 fully saturated rings. The summed E-state index contributed by atoms with van der Waals surface area (Å²) in [6, 6.07) is 10.3. The van der Waals surface area contributed by atoms with Crippen LogP contribution in [-0.4, -0.2) is 58.5 Å². The molecule has 0 saturated carbocycles. The smallest absolute Gasteiger partial charge is 0.233 e. The number of carbonyl (C=O) groups excluding carboxylic acids is 1. The highest BCUT2D eigenvalue weighted by Gasteiger charge is 2.46. The summed E-state index contributed by atoms with van der Waals surface area (Å²) in [4.78, 5) is 14.8. The number of rotatable bonds is 3. The molecule has 26 heavy (non-hydrogen) atoms. The minimum absolute atomic E-state index is 0. The number of hydrogen-bond donors (Lipinski definition) is 2. The molecule has 3 heterocycles. The molecular weight excluding hydrogens is 352 g/mol. The SMILES string of the molecule is Cl.Cn1nc2c(c1-c1ccccc1)CCN(C(=O)C1(CO)CNC1)CC2. The van der Waals surface area contributed by atoms with Crippen molar-refractivity contribution in [2.75, 3.05) is 32.8 Å². The maximum absolute atomic E-state index is 12.9. The summed E-state index contributed by atoms with van der Waals surface area (Å²) in [5, 5.41) is 17.5. The van der Waals surface area contributed by atoms with Crippen LogP contribution < -0.4 is 5.32 Å². The summed E-state index contributed by atoms with van der Waals surface area (Å²) >= 11 is 0. The number of aromatic nitrogens is 2. The van der Waals surface area contributed by atoms with Gasteiger partial charge in [-0.3, -0.25) is 9.48 Å². The first kappa shape index (κ1) is 18.9. The Labute approximate surface area is 159 Å². The Morgan fingerprint density at radius 2 is 1.92 bits per heavy atom. The number of benzene rings is 1. The minimum atomic E-state index is -0.616. The van der Waals surface area contributed by atoms with Gasteiger partial charge in [0.1, 0.15) is 0 Å². The highest BCUT2D eigenvalue weighted by molar-refractivity contribution is 5.85. The largest absolute Gasteiger partial charge is 0.395 e. The molecule has 2 aliphatic heterocycles. The van der Waals surface area contributed by atoms with Crippen molar-refractivity contribution in [3.05, 3.63) is 41.6 Å². The molecule has 1 amide bonds. The van der Waals surface area contributed by atoms with Gasteiger partial charge in [-0.05, 0) is 6.42 Å². The number of amides is 1. The first-order chi connectivity index (χ1) is 12.1. The molecule has 1 aromatic heterocycles. The first-order valence-electron chi connectivity index (χ1n) is 8.86. The van der Waals surface area contributed by atoms with E-state index in [2.05, 4.69) is 17.4 Å². The summed E-state index contributed by atoms with van der Waals surface area (Å²) in [7, 11) is 1.99. The third-order valence-corrected chi connectivity index (χ3v) is 5.50. The fourth-order valence-electron chi connectivity index (χ4n) is 3.94. The number of hydrogen-bond acceptors (Lipinski definition) is 4. The van der Waals surface area contributed by atoms with Crippen LogP contribution in [0.2, 0.25) is 0 Å². The Bertz CT molecular complexity index is 781. The highest BCUT2D eigenvalue weighted by atomic mass is 35.5. The molecule has 0 spiro atoms. The van der Waals surface area contributed by atoms with E-state index < -0.39 is 5.41 Å². The molecule has 6 nitrogen and oxygen atoms in total. The Kier molecular flexibility index (Phi) is 5.37. The molecular formula is C19H25ClN4O2. The Morgan fingerprint density at radius 3 is 2.54 bits per heavy atom. The normalized spacial score (nSPS) is 18.3. The number of aliphatic hydroxyl groups excluding tert-OH is 1. The van der Waals surface area contributed by atoms with Gasteiger partial charge in [-0.15, -0.1) is 12.4 Å². The molecule has 4 rings (SSSR count). The van der Waals surface area contributed by atoms with Gasteiger partial charge >= 0.3 is 0 Å². The Balaban J connectivity index is 0.00000196. The standard InChI is InChI=1S/C19H24N4O2.ClH/c1-22-17(14-5-3-2-4-6-14)15-7-9-23(10-8-16(15)21-22)18(25)19(13-24)11-20-12-19;/h2-6,20,24H,7-13H2,1H3;1H. The van der Waals surface area contributed by atoms with Crippen LogP contribution in [0.4, 0.5) is 0 Å². The van der Waals surface area contributed by atoms with E-state index in [1.807, 2.05) is 34.8 Å². The van der Waals surface area contributed by atoms with Crippen molar-refractivity contribution >= 4 is 18.3 Å². The van der Waals surface area contributed by atoms with Gasteiger partial charge < -0.3 is 15.3 Å². The van der Waals surface area contributed by atoms with Crippen molar-refractivity contribution in [1.29, 1.82) is 0 Å². The average Bonchev–Trinajstić information content (AvgIpc) is 2.76. The molecule has 0 radical (unpaired) electrons. The van der Waals surface area contributed by atoms with Crippen molar-refractivity contribution in [2.45, 2.75) is 12.8 Å². The molecule has 140 valence electrons. The number of nitrogens with zero attached hydrogens (tertiary/aromatic N) is 3. The van der Waals surface area contributed by atoms with Crippen molar-refractivity contribution in [1.82, 2.24) is 20.0 Å². The molecule has 0 atom stereocenters. The lowest BCUT2D eigenvalue weighted by Gasteiger charge is -2.42. The van der Waals surface area contributed by atoms with Gasteiger partial charge in [-0.1, -0.05) is 30.3 Å². The summed E-state index contributed by atoms with van der Waals surface area (Å²) < 4.78 is 1.96. The number of nitrogens with one attached hydrogen (secondary N) is 1. The van der Waals surface area contributed by atoms with E-state index in [0.29, 0.717) is 26.2 Å². The lowest BCUT2D eigenvalue weighted by Crippen LogP contribution is -2.64. The fraction of sp³-hybridized carbons (Fsp3) is 0.474. The predicted octanol–water partition coefficient (Wildman–Crippen LogP) is 1.02. The van der Waals surface area contributed by atoms with Crippen LogP contribution in [0.3, 0.4) is 0 Å². The van der Waals surface area contributed by atoms with E-state index in [0.717, 1.165) is 29.8 Å². The van der Waals surface area contributed by atoms with Gasteiger partial charge in [0.2, 0.25) is 5.91 Å². The van der Waals surface area contributed by atoms with Crippen LogP contribution in [0.25, 0.3) is 11.3 Å². The quantitative estimate of drug-likeness (QED) is 0.839. The van der Waals surface area contributed by atoms with Crippen LogP contribution in [0, 0.1) is 5.41 Å². The molecule has 1 aromatic carbocycles. The monoisotopic (exact) mass is 376 g/mol. The topological polar surface area (TPSA) is 70.4 Å². The minimum Gasteiger partial charge on any atom is -0.395 e. The molecule has 1 saturated heterocycles. The van der Waals surface area contributed by atoms with E-state index >= 15 is 0 Å². The lowest BCUT2D eigenvalue weighted by molar-refractivity contribution is -0.148. The molecule has 2 aromatic rings. The maximum atomic E-state index is 12.9. The van der Waals surface area contributed by atoms with Crippen molar-refractivity contribution in [3.63, 3.8) is 0 Å². The van der Waals surface area contributed by atoms with Crippen LogP contribution in [-0.2, 0) is 24.7 Å².